The van der Waals surface area contributed by atoms with Gasteiger partial charge in [0.2, 0.25) is 5.91 Å². The lowest BCUT2D eigenvalue weighted by Crippen LogP contribution is -2.54. The summed E-state index contributed by atoms with van der Waals surface area (Å²) in [5, 5.41) is 0.186. The zero-order valence-electron chi connectivity index (χ0n) is 23.4. The Balaban J connectivity index is 1.86. The van der Waals surface area contributed by atoms with E-state index in [1.165, 1.54) is 24.4 Å². The van der Waals surface area contributed by atoms with Crippen molar-refractivity contribution in [1.29, 1.82) is 0 Å². The number of carbonyl (C=O) groups is 1. The number of amides is 1. The second-order valence-corrected chi connectivity index (χ2v) is 12.1. The van der Waals surface area contributed by atoms with E-state index in [2.05, 4.69) is 21.5 Å². The van der Waals surface area contributed by atoms with Crippen LogP contribution in [0.5, 0.6) is 0 Å². The molecule has 0 spiro atoms. The Kier molecular flexibility index (Phi) is 7.54. The summed E-state index contributed by atoms with van der Waals surface area (Å²) in [6.07, 6.45) is 4.14. The number of anilines is 2. The fourth-order valence-electron chi connectivity index (χ4n) is 5.32. The molecule has 0 radical (unpaired) electrons. The number of pyridine rings is 2. The highest BCUT2D eigenvalue weighted by atomic mass is 32.2. The molecular formula is C29H30FN7O4S. The van der Waals surface area contributed by atoms with Crippen molar-refractivity contribution in [1.82, 2.24) is 24.4 Å². The molecule has 11 nitrogen and oxygen atoms in total. The molecule has 0 saturated carbocycles. The van der Waals surface area contributed by atoms with E-state index < -0.39 is 21.3 Å². The third-order valence-electron chi connectivity index (χ3n) is 7.34. The van der Waals surface area contributed by atoms with Crippen molar-refractivity contribution in [3.8, 4) is 17.1 Å². The number of halogens is 1. The van der Waals surface area contributed by atoms with Crippen LogP contribution in [-0.4, -0.2) is 70.7 Å². The molecule has 5 rings (SSSR count). The van der Waals surface area contributed by atoms with Gasteiger partial charge >= 0.3 is 5.69 Å². The number of nitrogens with two attached hydrogens (primary N) is 1. The van der Waals surface area contributed by atoms with Gasteiger partial charge in [-0.1, -0.05) is 25.6 Å². The molecule has 0 bridgehead atoms. The van der Waals surface area contributed by atoms with Crippen molar-refractivity contribution in [3.63, 3.8) is 0 Å². The Bertz CT molecular complexity index is 1910. The van der Waals surface area contributed by atoms with E-state index in [0.29, 0.717) is 31.6 Å². The average molecular weight is 592 g/mol. The third-order valence-corrected chi connectivity index (χ3v) is 8.47. The van der Waals surface area contributed by atoms with Crippen molar-refractivity contribution in [2.45, 2.75) is 31.2 Å². The monoisotopic (exact) mass is 591 g/mol. The maximum atomic E-state index is 15.8. The molecule has 1 aliphatic heterocycles. The maximum Gasteiger partial charge on any atom is 0.355 e. The number of piperazine rings is 1. The van der Waals surface area contributed by atoms with E-state index in [1.807, 2.05) is 18.7 Å². The number of aromatic nitrogens is 4. The minimum absolute atomic E-state index is 0.00551. The first-order valence-electron chi connectivity index (χ1n) is 13.3. The number of fused-ring (bicyclic) bond motifs is 1. The van der Waals surface area contributed by atoms with Gasteiger partial charge in [0.1, 0.15) is 17.2 Å². The van der Waals surface area contributed by atoms with E-state index in [9.17, 15) is 18.0 Å². The van der Waals surface area contributed by atoms with Gasteiger partial charge < -0.3 is 15.5 Å². The molecule has 42 heavy (non-hydrogen) atoms. The number of para-hydroxylation sites is 1. The Morgan fingerprint density at radius 1 is 1.19 bits per heavy atom. The van der Waals surface area contributed by atoms with Crippen LogP contribution in [0.3, 0.4) is 0 Å². The highest BCUT2D eigenvalue weighted by molar-refractivity contribution is 7.90. The first kappa shape index (κ1) is 28.9. The maximum absolute atomic E-state index is 15.8. The number of nitrogens with zero attached hydrogens (tertiary/aromatic N) is 6. The van der Waals surface area contributed by atoms with Crippen molar-refractivity contribution in [3.05, 3.63) is 77.1 Å². The fraction of sp³-hybridized carbons (Fsp3) is 0.276. The minimum atomic E-state index is -3.81. The lowest BCUT2D eigenvalue weighted by atomic mass is 10.1. The molecule has 1 fully saturated rings. The Hall–Kier alpha value is -4.65. The average Bonchev–Trinajstić information content (AvgIpc) is 2.96. The number of nitrogen functional groups attached to an aromatic ring is 1. The Morgan fingerprint density at radius 2 is 1.95 bits per heavy atom. The van der Waals surface area contributed by atoms with Crippen LogP contribution >= 0.6 is 0 Å². The van der Waals surface area contributed by atoms with Gasteiger partial charge in [0.05, 0.1) is 21.7 Å². The van der Waals surface area contributed by atoms with Gasteiger partial charge in [0.25, 0.3) is 0 Å². The Morgan fingerprint density at radius 3 is 2.60 bits per heavy atom. The molecule has 1 aromatic carbocycles. The second-order valence-electron chi connectivity index (χ2n) is 10.1. The predicted octanol–water partition coefficient (Wildman–Crippen LogP) is 2.75. The predicted molar refractivity (Wildman–Crippen MR) is 159 cm³/mol. The van der Waals surface area contributed by atoms with Crippen molar-refractivity contribution >= 4 is 38.3 Å². The van der Waals surface area contributed by atoms with E-state index in [0.717, 1.165) is 10.8 Å². The number of benzene rings is 1. The van der Waals surface area contributed by atoms with Crippen LogP contribution in [0.2, 0.25) is 0 Å². The van der Waals surface area contributed by atoms with Crippen molar-refractivity contribution < 1.29 is 17.6 Å². The number of hydrogen-bond acceptors (Lipinski definition) is 9. The van der Waals surface area contributed by atoms with Gasteiger partial charge in [0.15, 0.2) is 21.3 Å². The highest BCUT2D eigenvalue weighted by Gasteiger charge is 2.31. The van der Waals surface area contributed by atoms with Crippen LogP contribution in [0.15, 0.2) is 64.9 Å². The second kappa shape index (κ2) is 11.0. The van der Waals surface area contributed by atoms with E-state index in [1.54, 1.807) is 29.2 Å². The van der Waals surface area contributed by atoms with Crippen LogP contribution in [0.4, 0.5) is 15.9 Å². The number of hydrogen-bond donors (Lipinski definition) is 1. The summed E-state index contributed by atoms with van der Waals surface area (Å²) in [5.41, 5.74) is 6.02. The molecule has 1 amide bonds. The number of carbonyl (C=O) groups excluding carboxylic acids is 1. The zero-order chi connectivity index (χ0) is 30.3. The highest BCUT2D eigenvalue weighted by Crippen LogP contribution is 2.34. The summed E-state index contributed by atoms with van der Waals surface area (Å²) in [6, 6.07) is 8.81. The topological polar surface area (TPSA) is 144 Å². The standard InChI is InChI=1S/C29H30FN7O4S/c1-5-18-9-7-11-22(42(4,40)41)26(18)37-28-19(15-20(30)24(33-28)25-21(31)10-8-12-32-25)27(34-29(37)39)36-14-13-35(16-17(36)3)23(38)6-2/h6-12,15,17H,2,5,13-14,16,31H2,1,3-4H3/t17-/m0/s1. The summed E-state index contributed by atoms with van der Waals surface area (Å²) in [4.78, 5) is 42.7. The molecule has 0 unspecified atom stereocenters. The summed E-state index contributed by atoms with van der Waals surface area (Å²) in [5.74, 6) is -0.794. The number of sulfone groups is 1. The third kappa shape index (κ3) is 5.00. The normalized spacial score (nSPS) is 15.7. The molecular weight excluding hydrogens is 561 g/mol. The fourth-order valence-corrected chi connectivity index (χ4v) is 6.21. The van der Waals surface area contributed by atoms with Gasteiger partial charge in [-0.05, 0) is 49.2 Å². The lowest BCUT2D eigenvalue weighted by molar-refractivity contribution is -0.126. The van der Waals surface area contributed by atoms with Crippen LogP contribution in [0.25, 0.3) is 28.1 Å². The van der Waals surface area contributed by atoms with Gasteiger partial charge in [-0.25, -0.2) is 27.2 Å². The molecule has 3 aromatic heterocycles. The number of aryl methyl sites for hydroxylation is 1. The summed E-state index contributed by atoms with van der Waals surface area (Å²) < 4.78 is 42.8. The number of rotatable bonds is 6. The SMILES string of the molecule is C=CC(=O)N1CCN(c2nc(=O)n(-c3c(CC)cccc3S(C)(=O)=O)c3nc(-c4ncccc4N)c(F)cc23)[C@@H](C)C1. The van der Waals surface area contributed by atoms with Gasteiger partial charge in [-0.3, -0.25) is 9.78 Å². The molecule has 4 heterocycles. The molecule has 1 saturated heterocycles. The van der Waals surface area contributed by atoms with Crippen LogP contribution in [0.1, 0.15) is 19.4 Å². The summed E-state index contributed by atoms with van der Waals surface area (Å²) >= 11 is 0. The summed E-state index contributed by atoms with van der Waals surface area (Å²) in [7, 11) is -3.81. The molecule has 2 N–H and O–H groups in total. The summed E-state index contributed by atoms with van der Waals surface area (Å²) in [6.45, 7) is 8.21. The van der Waals surface area contributed by atoms with E-state index in [4.69, 9.17) is 5.73 Å². The molecule has 4 aromatic rings. The zero-order valence-corrected chi connectivity index (χ0v) is 24.2. The van der Waals surface area contributed by atoms with E-state index >= 15 is 4.39 Å². The minimum Gasteiger partial charge on any atom is -0.397 e. The van der Waals surface area contributed by atoms with Crippen LogP contribution in [-0.2, 0) is 21.1 Å². The van der Waals surface area contributed by atoms with Crippen molar-refractivity contribution in [2.24, 2.45) is 0 Å². The van der Waals surface area contributed by atoms with Gasteiger partial charge in [-0.15, -0.1) is 0 Å². The first-order chi connectivity index (χ1) is 20.0. The first-order valence-corrected chi connectivity index (χ1v) is 15.2. The van der Waals surface area contributed by atoms with E-state index in [-0.39, 0.29) is 56.5 Å². The van der Waals surface area contributed by atoms with Crippen LogP contribution < -0.4 is 16.3 Å². The molecule has 13 heteroatoms. The van der Waals surface area contributed by atoms with Crippen LogP contribution in [0, 0.1) is 5.82 Å². The molecule has 1 atom stereocenters. The smallest absolute Gasteiger partial charge is 0.355 e. The van der Waals surface area contributed by atoms with Gasteiger partial charge in [0, 0.05) is 38.1 Å². The quantitative estimate of drug-likeness (QED) is 0.335. The van der Waals surface area contributed by atoms with Gasteiger partial charge in [-0.2, -0.15) is 4.98 Å². The lowest BCUT2D eigenvalue weighted by Gasteiger charge is -2.40. The Labute approximate surface area is 242 Å². The molecule has 0 aliphatic carbocycles. The van der Waals surface area contributed by atoms with Crippen molar-refractivity contribution in [2.75, 3.05) is 36.5 Å². The largest absolute Gasteiger partial charge is 0.397 e. The molecule has 218 valence electrons. The molecule has 1 aliphatic rings.